The summed E-state index contributed by atoms with van der Waals surface area (Å²) in [5.74, 6) is 1.24. The number of carbonyl (C=O) groups excluding carboxylic acids is 2. The minimum absolute atomic E-state index is 0.0399. The molecular formula is C25H26N4O4S. The molecule has 1 aliphatic rings. The lowest BCUT2D eigenvalue weighted by molar-refractivity contribution is 0.00195. The minimum atomic E-state index is -0.178. The van der Waals surface area contributed by atoms with Gasteiger partial charge in [-0.3, -0.25) is 14.3 Å². The number of carbonyl (C=O) groups is 2. The lowest BCUT2D eigenvalue weighted by Gasteiger charge is -2.22. The van der Waals surface area contributed by atoms with Gasteiger partial charge in [0, 0.05) is 43.5 Å². The van der Waals surface area contributed by atoms with E-state index in [1.807, 2.05) is 44.2 Å². The lowest BCUT2D eigenvalue weighted by Crippen LogP contribution is -2.36. The molecule has 3 aromatic heterocycles. The number of benzene rings is 1. The van der Waals surface area contributed by atoms with Crippen molar-refractivity contribution in [2.24, 2.45) is 0 Å². The minimum Gasteiger partial charge on any atom is -0.456 e. The molecule has 2 amide bonds. The van der Waals surface area contributed by atoms with E-state index in [2.05, 4.69) is 10.3 Å². The molecule has 0 saturated carbocycles. The largest absolute Gasteiger partial charge is 0.456 e. The smallest absolute Gasteiger partial charge is 0.326 e. The fraction of sp³-hybridized carbons (Fsp3) is 0.320. The molecule has 1 atom stereocenters. The Morgan fingerprint density at radius 2 is 2.09 bits per heavy atom. The van der Waals surface area contributed by atoms with E-state index in [1.54, 1.807) is 28.8 Å². The van der Waals surface area contributed by atoms with E-state index in [4.69, 9.17) is 9.47 Å². The highest BCUT2D eigenvalue weighted by Gasteiger charge is 2.30. The number of hydrogen-bond acceptors (Lipinski definition) is 6. The summed E-state index contributed by atoms with van der Waals surface area (Å²) >= 11 is 1.38. The highest BCUT2D eigenvalue weighted by molar-refractivity contribution is 7.21. The Hall–Kier alpha value is -3.43. The zero-order valence-electron chi connectivity index (χ0n) is 19.3. The van der Waals surface area contributed by atoms with Gasteiger partial charge in [0.15, 0.2) is 0 Å². The molecule has 34 heavy (non-hydrogen) atoms. The molecule has 8 nitrogen and oxygen atoms in total. The molecule has 1 unspecified atom stereocenters. The van der Waals surface area contributed by atoms with Crippen LogP contribution in [0, 0.1) is 6.92 Å². The van der Waals surface area contributed by atoms with Crippen molar-refractivity contribution < 1.29 is 19.1 Å². The fourth-order valence-electron chi connectivity index (χ4n) is 4.48. The van der Waals surface area contributed by atoms with Gasteiger partial charge in [-0.25, -0.2) is 4.79 Å². The number of thiophene rings is 1. The number of hydrogen-bond donors (Lipinski definition) is 1. The van der Waals surface area contributed by atoms with Crippen LogP contribution in [0.15, 0.2) is 42.6 Å². The summed E-state index contributed by atoms with van der Waals surface area (Å²) < 4.78 is 14.2. The number of aryl methyl sites for hydroxylation is 1. The summed E-state index contributed by atoms with van der Waals surface area (Å²) in [5, 5.41) is 3.75. The molecule has 176 valence electrons. The molecule has 4 heterocycles. The zero-order chi connectivity index (χ0) is 23.8. The predicted molar refractivity (Wildman–Crippen MR) is 132 cm³/mol. The van der Waals surface area contributed by atoms with Crippen LogP contribution in [0.1, 0.15) is 35.1 Å². The van der Waals surface area contributed by atoms with Crippen molar-refractivity contribution in [2.75, 3.05) is 20.2 Å². The monoisotopic (exact) mass is 478 g/mol. The topological polar surface area (TPSA) is 85.7 Å². The molecule has 1 aromatic carbocycles. The Balaban J connectivity index is 1.45. The molecule has 1 fully saturated rings. The summed E-state index contributed by atoms with van der Waals surface area (Å²) in [4.78, 5) is 32.4. The van der Waals surface area contributed by atoms with Crippen LogP contribution in [0.5, 0.6) is 11.5 Å². The first-order valence-electron chi connectivity index (χ1n) is 11.3. The number of rotatable bonds is 5. The van der Waals surface area contributed by atoms with Crippen LogP contribution in [-0.2, 0) is 4.74 Å². The van der Waals surface area contributed by atoms with Gasteiger partial charge in [0.25, 0.3) is 5.91 Å². The zero-order valence-corrected chi connectivity index (χ0v) is 20.1. The van der Waals surface area contributed by atoms with Crippen LogP contribution in [-0.4, -0.2) is 52.8 Å². The van der Waals surface area contributed by atoms with E-state index in [0.29, 0.717) is 29.5 Å². The van der Waals surface area contributed by atoms with Gasteiger partial charge in [0.1, 0.15) is 17.7 Å². The van der Waals surface area contributed by atoms with E-state index < -0.39 is 0 Å². The van der Waals surface area contributed by atoms with Crippen molar-refractivity contribution in [3.05, 3.63) is 53.2 Å². The molecule has 4 aromatic rings. The normalized spacial score (nSPS) is 15.9. The van der Waals surface area contributed by atoms with Crippen LogP contribution in [0.3, 0.4) is 0 Å². The van der Waals surface area contributed by atoms with Crippen molar-refractivity contribution in [2.45, 2.75) is 32.9 Å². The first-order valence-corrected chi connectivity index (χ1v) is 12.1. The summed E-state index contributed by atoms with van der Waals surface area (Å²) in [7, 11) is 1.64. The number of pyridine rings is 1. The maximum absolute atomic E-state index is 13.1. The van der Waals surface area contributed by atoms with Gasteiger partial charge in [-0.05, 0) is 57.0 Å². The number of amides is 2. The second-order valence-corrected chi connectivity index (χ2v) is 9.30. The van der Waals surface area contributed by atoms with Gasteiger partial charge in [0.2, 0.25) is 0 Å². The van der Waals surface area contributed by atoms with Gasteiger partial charge in [-0.15, -0.1) is 11.3 Å². The standard InChI is InChI=1S/C25H26N4O4S/c1-4-26-25(31)29-15(2)12-16-13-17(7-8-19(16)29)33-20-9-10-27-18-14-21(34-23(18)20)24(30)28-11-5-6-22(28)32-3/h7-10,12-14,22H,4-6,11H2,1-3H3,(H,26,31). The quantitative estimate of drug-likeness (QED) is 0.429. The second-order valence-electron chi connectivity index (χ2n) is 8.24. The van der Waals surface area contributed by atoms with Crippen LogP contribution in [0.2, 0.25) is 0 Å². The Morgan fingerprint density at radius 1 is 1.24 bits per heavy atom. The summed E-state index contributed by atoms with van der Waals surface area (Å²) in [6, 6.07) is 11.1. The van der Waals surface area contributed by atoms with Crippen molar-refractivity contribution in [3.63, 3.8) is 0 Å². The molecule has 0 bridgehead atoms. The van der Waals surface area contributed by atoms with Crippen molar-refractivity contribution in [1.29, 1.82) is 0 Å². The van der Waals surface area contributed by atoms with E-state index in [9.17, 15) is 9.59 Å². The third-order valence-electron chi connectivity index (χ3n) is 6.03. The SMILES string of the molecule is CCNC(=O)n1c(C)cc2cc(Oc3ccnc4cc(C(=O)N5CCCC5OC)sc34)ccc21. The predicted octanol–water partition coefficient (Wildman–Crippen LogP) is 5.14. The van der Waals surface area contributed by atoms with Gasteiger partial charge in [-0.1, -0.05) is 0 Å². The van der Waals surface area contributed by atoms with Gasteiger partial charge in [-0.2, -0.15) is 0 Å². The average molecular weight is 479 g/mol. The number of ether oxygens (including phenoxy) is 2. The van der Waals surface area contributed by atoms with Crippen molar-refractivity contribution in [1.82, 2.24) is 19.8 Å². The van der Waals surface area contributed by atoms with Crippen LogP contribution in [0.4, 0.5) is 4.79 Å². The number of nitrogens with zero attached hydrogens (tertiary/aromatic N) is 3. The van der Waals surface area contributed by atoms with E-state index in [-0.39, 0.29) is 18.2 Å². The number of nitrogens with one attached hydrogen (secondary N) is 1. The molecule has 1 saturated heterocycles. The molecule has 0 aliphatic carbocycles. The average Bonchev–Trinajstić information content (AvgIpc) is 3.54. The molecule has 1 N–H and O–H groups in total. The molecular weight excluding hydrogens is 452 g/mol. The maximum Gasteiger partial charge on any atom is 0.326 e. The summed E-state index contributed by atoms with van der Waals surface area (Å²) in [6.07, 6.45) is 3.29. The van der Waals surface area contributed by atoms with Gasteiger partial charge >= 0.3 is 6.03 Å². The number of aromatic nitrogens is 2. The van der Waals surface area contributed by atoms with Crippen LogP contribution in [0.25, 0.3) is 21.1 Å². The molecule has 1 aliphatic heterocycles. The molecule has 0 radical (unpaired) electrons. The van der Waals surface area contributed by atoms with Crippen LogP contribution < -0.4 is 10.1 Å². The van der Waals surface area contributed by atoms with E-state index in [1.165, 1.54) is 11.3 Å². The van der Waals surface area contributed by atoms with Gasteiger partial charge < -0.3 is 19.7 Å². The number of fused-ring (bicyclic) bond motifs is 2. The Morgan fingerprint density at radius 3 is 2.88 bits per heavy atom. The Bertz CT molecular complexity index is 1390. The summed E-state index contributed by atoms with van der Waals surface area (Å²) in [5.41, 5.74) is 2.39. The Labute approximate surface area is 201 Å². The summed E-state index contributed by atoms with van der Waals surface area (Å²) in [6.45, 7) is 5.05. The third kappa shape index (κ3) is 3.91. The molecule has 5 rings (SSSR count). The van der Waals surface area contributed by atoms with E-state index in [0.717, 1.165) is 39.7 Å². The fourth-order valence-corrected chi connectivity index (χ4v) is 5.50. The first-order chi connectivity index (χ1) is 16.5. The second kappa shape index (κ2) is 9.08. The third-order valence-corrected chi connectivity index (χ3v) is 7.16. The molecule has 9 heteroatoms. The molecule has 0 spiro atoms. The number of likely N-dealkylation sites (tertiary alicyclic amines) is 1. The highest BCUT2D eigenvalue weighted by Crippen LogP contribution is 2.37. The highest BCUT2D eigenvalue weighted by atomic mass is 32.1. The Kier molecular flexibility index (Phi) is 5.97. The van der Waals surface area contributed by atoms with Crippen molar-refractivity contribution >= 4 is 44.4 Å². The maximum atomic E-state index is 13.1. The first kappa shape index (κ1) is 22.4. The lowest BCUT2D eigenvalue weighted by atomic mass is 10.2. The number of methoxy groups -OCH3 is 1. The van der Waals surface area contributed by atoms with E-state index >= 15 is 0 Å². The van der Waals surface area contributed by atoms with Gasteiger partial charge in [0.05, 0.1) is 20.6 Å². The van der Waals surface area contributed by atoms with Crippen LogP contribution >= 0.6 is 11.3 Å². The van der Waals surface area contributed by atoms with Crippen molar-refractivity contribution in [3.8, 4) is 11.5 Å².